The summed E-state index contributed by atoms with van der Waals surface area (Å²) in [5.74, 6) is 0.254. The molecule has 0 aliphatic rings. The third kappa shape index (κ3) is 4.41. The maximum atomic E-state index is 14.9. The second kappa shape index (κ2) is 9.26. The van der Waals surface area contributed by atoms with Gasteiger partial charge in [0.25, 0.3) is 0 Å². The van der Waals surface area contributed by atoms with Crippen molar-refractivity contribution in [2.45, 2.75) is 6.61 Å². The average Bonchev–Trinajstić information content (AvgIpc) is 3.21. The first-order valence-electron chi connectivity index (χ1n) is 10.7. The molecule has 0 aliphatic heterocycles. The van der Waals surface area contributed by atoms with E-state index in [1.807, 2.05) is 30.3 Å². The first-order valence-corrected chi connectivity index (χ1v) is 10.7. The number of aromatic nitrogens is 2. The highest BCUT2D eigenvalue weighted by Gasteiger charge is 2.15. The van der Waals surface area contributed by atoms with E-state index in [9.17, 15) is 14.6 Å². The predicted octanol–water partition coefficient (Wildman–Crippen LogP) is 5.96. The van der Waals surface area contributed by atoms with Gasteiger partial charge in [-0.1, -0.05) is 30.3 Å². The van der Waals surface area contributed by atoms with Crippen LogP contribution >= 0.6 is 0 Å². The molecule has 5 rings (SSSR count). The lowest BCUT2D eigenvalue weighted by atomic mass is 10.1. The van der Waals surface area contributed by atoms with E-state index in [0.29, 0.717) is 34.8 Å². The number of aromatic hydroxyl groups is 2. The zero-order valence-electron chi connectivity index (χ0n) is 18.7. The van der Waals surface area contributed by atoms with Gasteiger partial charge in [0.05, 0.1) is 18.3 Å². The van der Waals surface area contributed by atoms with Crippen LogP contribution in [0.4, 0.5) is 4.39 Å². The Hall–Kier alpha value is -4.72. The van der Waals surface area contributed by atoms with Crippen LogP contribution in [0.2, 0.25) is 0 Å². The van der Waals surface area contributed by atoms with Crippen molar-refractivity contribution in [1.82, 2.24) is 9.55 Å². The van der Waals surface area contributed by atoms with Gasteiger partial charge in [0, 0.05) is 35.8 Å². The number of benzene rings is 3. The number of methoxy groups -OCH3 is 1. The molecule has 0 amide bonds. The summed E-state index contributed by atoms with van der Waals surface area (Å²) < 4.78 is 33.4. The molecule has 7 nitrogen and oxygen atoms in total. The SMILES string of the molecule is COc1cc2c(Oc3ccc(-n4c(O)ccc4O)cc3F)ccnc2cc1OCc1ccccc1. The summed E-state index contributed by atoms with van der Waals surface area (Å²) in [5, 5.41) is 20.4. The fourth-order valence-electron chi connectivity index (χ4n) is 3.74. The van der Waals surface area contributed by atoms with Crippen molar-refractivity contribution in [3.63, 3.8) is 0 Å². The minimum Gasteiger partial charge on any atom is -0.494 e. The number of hydrogen-bond acceptors (Lipinski definition) is 6. The number of fused-ring (bicyclic) bond motifs is 1. The first kappa shape index (κ1) is 22.1. The number of ether oxygens (including phenoxy) is 3. The number of rotatable bonds is 7. The molecule has 35 heavy (non-hydrogen) atoms. The third-order valence-electron chi connectivity index (χ3n) is 5.46. The summed E-state index contributed by atoms with van der Waals surface area (Å²) in [6, 6.07) is 21.6. The van der Waals surface area contributed by atoms with Crippen LogP contribution in [-0.4, -0.2) is 26.9 Å². The largest absolute Gasteiger partial charge is 0.494 e. The molecule has 2 heterocycles. The van der Waals surface area contributed by atoms with E-state index in [-0.39, 0.29) is 23.2 Å². The molecular weight excluding hydrogens is 451 g/mol. The molecule has 176 valence electrons. The Bertz CT molecular complexity index is 1480. The molecule has 0 spiro atoms. The second-order valence-electron chi connectivity index (χ2n) is 7.71. The van der Waals surface area contributed by atoms with E-state index in [1.54, 1.807) is 24.4 Å². The van der Waals surface area contributed by atoms with Crippen LogP contribution in [0.25, 0.3) is 16.6 Å². The Morgan fingerprint density at radius 1 is 0.829 bits per heavy atom. The topological polar surface area (TPSA) is 86.0 Å². The molecule has 0 saturated carbocycles. The van der Waals surface area contributed by atoms with Gasteiger partial charge in [-0.2, -0.15) is 0 Å². The van der Waals surface area contributed by atoms with Gasteiger partial charge in [0.2, 0.25) is 0 Å². The van der Waals surface area contributed by atoms with Gasteiger partial charge in [-0.25, -0.2) is 4.39 Å². The molecule has 0 bridgehead atoms. The highest BCUT2D eigenvalue weighted by atomic mass is 19.1. The van der Waals surface area contributed by atoms with E-state index in [0.717, 1.165) is 16.2 Å². The van der Waals surface area contributed by atoms with Crippen LogP contribution in [0.15, 0.2) is 85.1 Å². The molecule has 2 aromatic heterocycles. The quantitative estimate of drug-likeness (QED) is 0.304. The van der Waals surface area contributed by atoms with Crippen molar-refractivity contribution in [2.24, 2.45) is 0 Å². The van der Waals surface area contributed by atoms with Crippen molar-refractivity contribution in [2.75, 3.05) is 7.11 Å². The van der Waals surface area contributed by atoms with Crippen LogP contribution in [0.3, 0.4) is 0 Å². The molecule has 5 aromatic rings. The molecule has 0 fully saturated rings. The highest BCUT2D eigenvalue weighted by Crippen LogP contribution is 2.38. The molecular formula is C27H21FN2O5. The lowest BCUT2D eigenvalue weighted by molar-refractivity contribution is 0.285. The van der Waals surface area contributed by atoms with E-state index >= 15 is 0 Å². The van der Waals surface area contributed by atoms with Gasteiger partial charge < -0.3 is 24.4 Å². The van der Waals surface area contributed by atoms with Gasteiger partial charge in [0.15, 0.2) is 34.8 Å². The Morgan fingerprint density at radius 2 is 1.60 bits per heavy atom. The lowest BCUT2D eigenvalue weighted by Crippen LogP contribution is -1.99. The minimum absolute atomic E-state index is 0.0317. The Kier molecular flexibility index (Phi) is 5.85. The molecule has 0 unspecified atom stereocenters. The summed E-state index contributed by atoms with van der Waals surface area (Å²) in [6.07, 6.45) is 1.56. The summed E-state index contributed by atoms with van der Waals surface area (Å²) in [4.78, 5) is 4.40. The zero-order valence-corrected chi connectivity index (χ0v) is 18.7. The summed E-state index contributed by atoms with van der Waals surface area (Å²) >= 11 is 0. The van der Waals surface area contributed by atoms with Crippen molar-refractivity contribution in [3.05, 3.63) is 96.4 Å². The fraction of sp³-hybridized carbons (Fsp3) is 0.0741. The maximum absolute atomic E-state index is 14.9. The second-order valence-corrected chi connectivity index (χ2v) is 7.71. The van der Waals surface area contributed by atoms with Crippen LogP contribution in [-0.2, 0) is 6.61 Å². The molecule has 0 saturated heterocycles. The van der Waals surface area contributed by atoms with Gasteiger partial charge in [0.1, 0.15) is 12.4 Å². The number of hydrogen-bond donors (Lipinski definition) is 2. The van der Waals surface area contributed by atoms with Gasteiger partial charge in [-0.3, -0.25) is 9.55 Å². The summed E-state index contributed by atoms with van der Waals surface area (Å²) in [5.41, 5.74) is 1.85. The van der Waals surface area contributed by atoms with Gasteiger partial charge in [-0.05, 0) is 29.8 Å². The Morgan fingerprint density at radius 3 is 2.31 bits per heavy atom. The lowest BCUT2D eigenvalue weighted by Gasteiger charge is -2.15. The van der Waals surface area contributed by atoms with Crippen molar-refractivity contribution in [1.29, 1.82) is 0 Å². The van der Waals surface area contributed by atoms with Crippen LogP contribution in [0.5, 0.6) is 34.8 Å². The predicted molar refractivity (Wildman–Crippen MR) is 128 cm³/mol. The Labute approximate surface area is 200 Å². The average molecular weight is 472 g/mol. The Balaban J connectivity index is 1.45. The number of nitrogens with zero attached hydrogens (tertiary/aromatic N) is 2. The van der Waals surface area contributed by atoms with E-state index in [4.69, 9.17) is 14.2 Å². The van der Waals surface area contributed by atoms with Crippen molar-refractivity contribution < 1.29 is 28.8 Å². The van der Waals surface area contributed by atoms with Gasteiger partial charge in [-0.15, -0.1) is 0 Å². The van der Waals surface area contributed by atoms with Crippen LogP contribution in [0.1, 0.15) is 5.56 Å². The standard InChI is InChI=1S/C27H21FN2O5/c1-33-24-14-19-21(15-25(24)34-16-17-5-3-2-4-6-17)29-12-11-22(19)35-23-8-7-18(13-20(23)28)30-26(31)9-10-27(30)32/h2-15,31-32H,16H2,1H3. The van der Waals surface area contributed by atoms with E-state index < -0.39 is 5.82 Å². The summed E-state index contributed by atoms with van der Waals surface area (Å²) in [6.45, 7) is 0.364. The normalized spacial score (nSPS) is 10.9. The molecule has 0 radical (unpaired) electrons. The van der Waals surface area contributed by atoms with E-state index in [1.165, 1.54) is 31.4 Å². The molecule has 3 aromatic carbocycles. The van der Waals surface area contributed by atoms with E-state index in [2.05, 4.69) is 4.98 Å². The first-order chi connectivity index (χ1) is 17.0. The van der Waals surface area contributed by atoms with Crippen LogP contribution < -0.4 is 14.2 Å². The number of pyridine rings is 1. The van der Waals surface area contributed by atoms with Gasteiger partial charge >= 0.3 is 0 Å². The molecule has 0 aliphatic carbocycles. The minimum atomic E-state index is -0.672. The number of halogens is 1. The molecule has 8 heteroatoms. The van der Waals surface area contributed by atoms with Crippen LogP contribution in [0, 0.1) is 5.82 Å². The van der Waals surface area contributed by atoms with Crippen molar-refractivity contribution >= 4 is 10.9 Å². The fourth-order valence-corrected chi connectivity index (χ4v) is 3.74. The monoisotopic (exact) mass is 472 g/mol. The third-order valence-corrected chi connectivity index (χ3v) is 5.46. The molecule has 2 N–H and O–H groups in total. The smallest absolute Gasteiger partial charge is 0.198 e. The van der Waals surface area contributed by atoms with Crippen molar-refractivity contribution in [3.8, 4) is 40.4 Å². The molecule has 0 atom stereocenters. The maximum Gasteiger partial charge on any atom is 0.198 e. The highest BCUT2D eigenvalue weighted by molar-refractivity contribution is 5.88. The zero-order chi connectivity index (χ0) is 24.4. The summed E-state index contributed by atoms with van der Waals surface area (Å²) in [7, 11) is 1.54.